The van der Waals surface area contributed by atoms with Gasteiger partial charge >= 0.3 is 5.97 Å². The second-order valence-electron chi connectivity index (χ2n) is 6.03. The molecule has 0 saturated heterocycles. The van der Waals surface area contributed by atoms with Crippen molar-refractivity contribution in [2.45, 2.75) is 12.1 Å². The predicted molar refractivity (Wildman–Crippen MR) is 107 cm³/mol. The van der Waals surface area contributed by atoms with Crippen LogP contribution in [0.25, 0.3) is 17.3 Å². The van der Waals surface area contributed by atoms with Crippen molar-refractivity contribution in [2.75, 3.05) is 5.75 Å². The van der Waals surface area contributed by atoms with Gasteiger partial charge in [0, 0.05) is 5.69 Å². The number of thioether (sulfide) groups is 1. The quantitative estimate of drug-likeness (QED) is 0.273. The molecule has 140 valence electrons. The zero-order chi connectivity index (χ0) is 19.3. The minimum Gasteiger partial charge on any atom is -0.461 e. The molecule has 0 amide bonds. The Morgan fingerprint density at radius 1 is 1.04 bits per heavy atom. The van der Waals surface area contributed by atoms with Crippen LogP contribution in [0, 0.1) is 6.92 Å². The van der Waals surface area contributed by atoms with E-state index in [0.29, 0.717) is 22.5 Å². The second kappa shape index (κ2) is 8.14. The summed E-state index contributed by atoms with van der Waals surface area (Å²) < 4.78 is 12.7. The van der Waals surface area contributed by atoms with Crippen LogP contribution in [0.15, 0.2) is 82.6 Å². The van der Waals surface area contributed by atoms with E-state index >= 15 is 0 Å². The number of aromatic nitrogens is 3. The number of benzene rings is 2. The molecule has 4 aromatic rings. The topological polar surface area (TPSA) is 70.2 Å². The van der Waals surface area contributed by atoms with Crippen LogP contribution in [0.4, 0.5) is 0 Å². The van der Waals surface area contributed by atoms with Crippen LogP contribution in [0.1, 0.15) is 5.56 Å². The van der Waals surface area contributed by atoms with Crippen LogP contribution in [0.5, 0.6) is 5.75 Å². The molecule has 0 N–H and O–H groups in total. The van der Waals surface area contributed by atoms with Crippen LogP contribution in [-0.4, -0.2) is 26.5 Å². The molecular weight excluding hydrogens is 374 g/mol. The van der Waals surface area contributed by atoms with Crippen LogP contribution in [0.2, 0.25) is 0 Å². The van der Waals surface area contributed by atoms with Crippen molar-refractivity contribution in [1.82, 2.24) is 14.8 Å². The maximum absolute atomic E-state index is 12.2. The minimum absolute atomic E-state index is 0.108. The molecule has 28 heavy (non-hydrogen) atoms. The number of hydrogen-bond donors (Lipinski definition) is 0. The Bertz CT molecular complexity index is 1060. The lowest BCUT2D eigenvalue weighted by Gasteiger charge is -2.09. The van der Waals surface area contributed by atoms with E-state index in [0.717, 1.165) is 11.3 Å². The largest absolute Gasteiger partial charge is 0.461 e. The van der Waals surface area contributed by atoms with Gasteiger partial charge in [0.25, 0.3) is 0 Å². The monoisotopic (exact) mass is 391 g/mol. The van der Waals surface area contributed by atoms with E-state index in [1.807, 2.05) is 60.0 Å². The summed E-state index contributed by atoms with van der Waals surface area (Å²) in [7, 11) is 0. The maximum Gasteiger partial charge on any atom is 0.321 e. The SMILES string of the molecule is Cc1ccc(OC(=O)CSc2nnc(-c3ccco3)n2-c2ccccc2)cc1. The van der Waals surface area contributed by atoms with Gasteiger partial charge in [-0.1, -0.05) is 47.7 Å². The molecule has 0 aliphatic rings. The zero-order valence-corrected chi connectivity index (χ0v) is 15.9. The van der Waals surface area contributed by atoms with Crippen molar-refractivity contribution in [3.63, 3.8) is 0 Å². The fourth-order valence-electron chi connectivity index (χ4n) is 2.63. The first-order valence-corrected chi connectivity index (χ1v) is 9.64. The van der Waals surface area contributed by atoms with E-state index in [2.05, 4.69) is 10.2 Å². The summed E-state index contributed by atoms with van der Waals surface area (Å²) in [6.45, 7) is 1.98. The number of esters is 1. The van der Waals surface area contributed by atoms with Crippen LogP contribution >= 0.6 is 11.8 Å². The molecule has 6 nitrogen and oxygen atoms in total. The summed E-state index contributed by atoms with van der Waals surface area (Å²) in [5.74, 6) is 1.46. The predicted octanol–water partition coefficient (Wildman–Crippen LogP) is 4.53. The number of carbonyl (C=O) groups excluding carboxylic acids is 1. The standard InChI is InChI=1S/C21H17N3O3S/c1-15-9-11-17(12-10-15)27-19(25)14-28-21-23-22-20(18-8-5-13-26-18)24(21)16-6-3-2-4-7-16/h2-13H,14H2,1H3. The highest BCUT2D eigenvalue weighted by Crippen LogP contribution is 2.28. The zero-order valence-electron chi connectivity index (χ0n) is 15.1. The number of aryl methyl sites for hydroxylation is 1. The van der Waals surface area contributed by atoms with Gasteiger partial charge in [-0.2, -0.15) is 0 Å². The van der Waals surface area contributed by atoms with Gasteiger partial charge in [0.2, 0.25) is 5.82 Å². The molecule has 0 unspecified atom stereocenters. The lowest BCUT2D eigenvalue weighted by atomic mass is 10.2. The third kappa shape index (κ3) is 3.99. The van der Waals surface area contributed by atoms with E-state index < -0.39 is 0 Å². The Kier molecular flexibility index (Phi) is 5.25. The van der Waals surface area contributed by atoms with Gasteiger partial charge in [0.1, 0.15) is 5.75 Å². The lowest BCUT2D eigenvalue weighted by molar-refractivity contribution is -0.131. The molecule has 4 rings (SSSR count). The molecule has 2 aromatic carbocycles. The van der Waals surface area contributed by atoms with Crippen molar-refractivity contribution in [1.29, 1.82) is 0 Å². The molecule has 0 atom stereocenters. The number of furan rings is 1. The average Bonchev–Trinajstić information content (AvgIpc) is 3.38. The van der Waals surface area contributed by atoms with E-state index in [1.165, 1.54) is 11.8 Å². The Morgan fingerprint density at radius 2 is 1.82 bits per heavy atom. The number of hydrogen-bond acceptors (Lipinski definition) is 6. The first-order chi connectivity index (χ1) is 13.7. The van der Waals surface area contributed by atoms with Crippen LogP contribution < -0.4 is 4.74 Å². The van der Waals surface area contributed by atoms with Crippen molar-refractivity contribution < 1.29 is 13.9 Å². The molecule has 0 saturated carbocycles. The third-order valence-electron chi connectivity index (χ3n) is 3.96. The van der Waals surface area contributed by atoms with Gasteiger partial charge in [-0.3, -0.25) is 9.36 Å². The molecule has 2 aromatic heterocycles. The highest BCUT2D eigenvalue weighted by molar-refractivity contribution is 7.99. The van der Waals surface area contributed by atoms with Crippen molar-refractivity contribution in [2.24, 2.45) is 0 Å². The third-order valence-corrected chi connectivity index (χ3v) is 4.86. The second-order valence-corrected chi connectivity index (χ2v) is 6.97. The van der Waals surface area contributed by atoms with Crippen LogP contribution in [0.3, 0.4) is 0 Å². The molecule has 7 heteroatoms. The summed E-state index contributed by atoms with van der Waals surface area (Å²) in [6, 6.07) is 20.7. The van der Waals surface area contributed by atoms with Gasteiger partial charge in [0.05, 0.1) is 12.0 Å². The Morgan fingerprint density at radius 3 is 2.54 bits per heavy atom. The molecule has 0 spiro atoms. The van der Waals surface area contributed by atoms with E-state index in [-0.39, 0.29) is 11.7 Å². The van der Waals surface area contributed by atoms with E-state index in [9.17, 15) is 4.79 Å². The highest BCUT2D eigenvalue weighted by Gasteiger charge is 2.19. The fourth-order valence-corrected chi connectivity index (χ4v) is 3.35. The summed E-state index contributed by atoms with van der Waals surface area (Å²) in [4.78, 5) is 12.2. The lowest BCUT2D eigenvalue weighted by Crippen LogP contribution is -2.11. The van der Waals surface area contributed by atoms with E-state index in [1.54, 1.807) is 24.5 Å². The molecule has 0 aliphatic heterocycles. The normalized spacial score (nSPS) is 10.8. The fraction of sp³-hybridized carbons (Fsp3) is 0.0952. The average molecular weight is 391 g/mol. The van der Waals surface area contributed by atoms with E-state index in [4.69, 9.17) is 9.15 Å². The maximum atomic E-state index is 12.2. The summed E-state index contributed by atoms with van der Waals surface area (Å²) in [6.07, 6.45) is 1.59. The van der Waals surface area contributed by atoms with Crippen molar-refractivity contribution in [3.05, 3.63) is 78.6 Å². The molecule has 0 aliphatic carbocycles. The van der Waals surface area contributed by atoms with Crippen LogP contribution in [-0.2, 0) is 4.79 Å². The van der Waals surface area contributed by atoms with Gasteiger partial charge < -0.3 is 9.15 Å². The van der Waals surface area contributed by atoms with Crippen molar-refractivity contribution in [3.8, 4) is 23.0 Å². The summed E-state index contributed by atoms with van der Waals surface area (Å²) in [5, 5.41) is 9.08. The first-order valence-electron chi connectivity index (χ1n) is 8.65. The Labute approximate surface area is 166 Å². The number of nitrogens with zero attached hydrogens (tertiary/aromatic N) is 3. The molecule has 0 fully saturated rings. The molecule has 0 radical (unpaired) electrons. The summed E-state index contributed by atoms with van der Waals surface area (Å²) in [5.41, 5.74) is 1.99. The number of carbonyl (C=O) groups is 1. The van der Waals surface area contributed by atoms with Gasteiger partial charge in [-0.25, -0.2) is 0 Å². The van der Waals surface area contributed by atoms with Gasteiger partial charge in [0.15, 0.2) is 10.9 Å². The Balaban J connectivity index is 1.54. The summed E-state index contributed by atoms with van der Waals surface area (Å²) >= 11 is 1.26. The smallest absolute Gasteiger partial charge is 0.321 e. The van der Waals surface area contributed by atoms with Gasteiger partial charge in [-0.15, -0.1) is 10.2 Å². The number of para-hydroxylation sites is 1. The first kappa shape index (κ1) is 18.1. The Hall–Kier alpha value is -3.32. The van der Waals surface area contributed by atoms with Gasteiger partial charge in [-0.05, 0) is 43.3 Å². The highest BCUT2D eigenvalue weighted by atomic mass is 32.2. The molecular formula is C21H17N3O3S. The number of rotatable bonds is 6. The molecule has 0 bridgehead atoms. The number of ether oxygens (including phenoxy) is 1. The van der Waals surface area contributed by atoms with Crippen molar-refractivity contribution >= 4 is 17.7 Å². The molecule has 2 heterocycles. The minimum atomic E-state index is -0.351.